The van der Waals surface area contributed by atoms with E-state index in [1.807, 2.05) is 66.5 Å². The summed E-state index contributed by atoms with van der Waals surface area (Å²) in [7, 11) is 0. The minimum absolute atomic E-state index is 0.0514. The number of benzene rings is 1. The summed E-state index contributed by atoms with van der Waals surface area (Å²) in [6.07, 6.45) is 16.4. The highest BCUT2D eigenvalue weighted by Crippen LogP contribution is 2.57. The Balaban J connectivity index is 1.39. The van der Waals surface area contributed by atoms with E-state index in [1.54, 1.807) is 9.80 Å². The van der Waals surface area contributed by atoms with E-state index in [1.165, 1.54) is 6.42 Å². The molecule has 1 unspecified atom stereocenters. The molecule has 2 saturated heterocycles. The van der Waals surface area contributed by atoms with Crippen LogP contribution < -0.4 is 4.90 Å². The summed E-state index contributed by atoms with van der Waals surface area (Å²) in [5.41, 5.74) is -1.44. The van der Waals surface area contributed by atoms with Gasteiger partial charge in [0.25, 0.3) is 0 Å². The number of anilines is 1. The van der Waals surface area contributed by atoms with Crippen molar-refractivity contribution in [1.82, 2.24) is 9.80 Å². The Morgan fingerprint density at radius 3 is 2.34 bits per heavy atom. The Morgan fingerprint density at radius 2 is 1.59 bits per heavy atom. The van der Waals surface area contributed by atoms with Crippen LogP contribution in [-0.4, -0.2) is 82.2 Å². The van der Waals surface area contributed by atoms with Crippen LogP contribution in [0.2, 0.25) is 0 Å². The molecule has 1 aromatic rings. The van der Waals surface area contributed by atoms with Gasteiger partial charge in [-0.2, -0.15) is 0 Å². The normalized spacial score (nSPS) is 33.6. The third-order valence-electron chi connectivity index (χ3n) is 9.98. The van der Waals surface area contributed by atoms with Crippen molar-refractivity contribution < 1.29 is 24.2 Å². The molecule has 0 bridgehead atoms. The molecule has 6 rings (SSSR count). The van der Waals surface area contributed by atoms with Gasteiger partial charge in [-0.3, -0.25) is 14.4 Å². The predicted octanol–water partition coefficient (Wildman–Crippen LogP) is 3.84. The maximum absolute atomic E-state index is 14.6. The lowest BCUT2D eigenvalue weighted by Gasteiger charge is -2.40. The lowest BCUT2D eigenvalue weighted by Crippen LogP contribution is -2.57. The molecule has 5 atom stereocenters. The molecule has 1 aliphatic carbocycles. The Bertz CT molecular complexity index is 1210. The zero-order valence-electron chi connectivity index (χ0n) is 24.1. The Kier molecular flexibility index (Phi) is 7.81. The van der Waals surface area contributed by atoms with Crippen LogP contribution in [0.4, 0.5) is 5.69 Å². The van der Waals surface area contributed by atoms with E-state index in [0.29, 0.717) is 19.6 Å². The smallest absolute Gasteiger partial charge is 0.249 e. The average Bonchev–Trinajstić information content (AvgIpc) is 3.24. The SMILES string of the molecule is C[C@]12C=CCN(c3ccccc3)C(=O)[C@H]1[C@H]1C(=O)N(CCCCCCO)C3C(=O)N(C4CCCCC4)CC=C[C@@]31O2. The van der Waals surface area contributed by atoms with E-state index in [-0.39, 0.29) is 30.4 Å². The standard InChI is InChI=1S/C33H43N3O5/c1-32-18-12-21-34(24-14-6-4-7-15-24)29(38)26(32)27-30(39)36(20-10-2-3-11-23-37)28-31(40)35(25-16-8-5-9-17-25)22-13-19-33(27,28)41-32/h4,6-7,12-15,18-19,25-28,37H,2-3,5,8-11,16-17,20-23H2,1H3/t26-,27+,28?,32+,33+/m1/s1. The number of hydrogen-bond acceptors (Lipinski definition) is 5. The lowest BCUT2D eigenvalue weighted by molar-refractivity contribution is -0.152. The van der Waals surface area contributed by atoms with Crippen LogP contribution >= 0.6 is 0 Å². The zero-order valence-corrected chi connectivity index (χ0v) is 24.1. The molecular weight excluding hydrogens is 518 g/mol. The minimum atomic E-state index is -1.21. The number of para-hydroxylation sites is 1. The molecule has 3 amide bonds. The van der Waals surface area contributed by atoms with Crippen LogP contribution in [0.25, 0.3) is 0 Å². The van der Waals surface area contributed by atoms with Crippen molar-refractivity contribution in [2.24, 2.45) is 11.8 Å². The Morgan fingerprint density at radius 1 is 0.854 bits per heavy atom. The summed E-state index contributed by atoms with van der Waals surface area (Å²) >= 11 is 0. The van der Waals surface area contributed by atoms with Gasteiger partial charge in [-0.15, -0.1) is 0 Å². The van der Waals surface area contributed by atoms with Gasteiger partial charge in [0, 0.05) is 38.0 Å². The quantitative estimate of drug-likeness (QED) is 0.385. The molecule has 0 aromatic heterocycles. The summed E-state index contributed by atoms with van der Waals surface area (Å²) in [6.45, 7) is 3.38. The highest BCUT2D eigenvalue weighted by atomic mass is 16.5. The molecule has 5 aliphatic rings. The van der Waals surface area contributed by atoms with E-state index in [0.717, 1.165) is 57.1 Å². The van der Waals surface area contributed by atoms with Crippen molar-refractivity contribution in [3.63, 3.8) is 0 Å². The zero-order chi connectivity index (χ0) is 28.6. The van der Waals surface area contributed by atoms with E-state index >= 15 is 0 Å². The predicted molar refractivity (Wildman–Crippen MR) is 156 cm³/mol. The number of unbranched alkanes of at least 4 members (excludes halogenated alkanes) is 3. The second kappa shape index (κ2) is 11.4. The van der Waals surface area contributed by atoms with Crippen molar-refractivity contribution in [2.75, 3.05) is 31.1 Å². The third kappa shape index (κ3) is 4.73. The number of fused-ring (bicyclic) bond motifs is 2. The molecule has 1 spiro atoms. The van der Waals surface area contributed by atoms with Crippen LogP contribution in [0, 0.1) is 11.8 Å². The van der Waals surface area contributed by atoms with Gasteiger partial charge in [-0.05, 0) is 44.7 Å². The van der Waals surface area contributed by atoms with Gasteiger partial charge in [-0.1, -0.05) is 74.6 Å². The highest BCUT2D eigenvalue weighted by Gasteiger charge is 2.74. The molecule has 4 aliphatic heterocycles. The third-order valence-corrected chi connectivity index (χ3v) is 9.98. The number of carbonyl (C=O) groups is 3. The molecule has 220 valence electrons. The van der Waals surface area contributed by atoms with E-state index in [4.69, 9.17) is 4.74 Å². The van der Waals surface area contributed by atoms with Gasteiger partial charge < -0.3 is 24.5 Å². The molecule has 0 radical (unpaired) electrons. The fraction of sp³-hybridized carbons (Fsp3) is 0.606. The van der Waals surface area contributed by atoms with Gasteiger partial charge in [0.15, 0.2) is 0 Å². The molecule has 1 aromatic carbocycles. The summed E-state index contributed by atoms with van der Waals surface area (Å²) in [4.78, 5) is 48.9. The summed E-state index contributed by atoms with van der Waals surface area (Å²) < 4.78 is 6.97. The Labute approximate surface area is 243 Å². The first kappa shape index (κ1) is 28.2. The minimum Gasteiger partial charge on any atom is -0.396 e. The van der Waals surface area contributed by atoms with Crippen molar-refractivity contribution in [1.29, 1.82) is 0 Å². The van der Waals surface area contributed by atoms with Crippen LogP contribution in [0.1, 0.15) is 64.7 Å². The van der Waals surface area contributed by atoms with Crippen molar-refractivity contribution >= 4 is 23.4 Å². The van der Waals surface area contributed by atoms with Crippen LogP contribution in [-0.2, 0) is 19.1 Å². The van der Waals surface area contributed by atoms with E-state index < -0.39 is 29.1 Å². The van der Waals surface area contributed by atoms with E-state index in [9.17, 15) is 19.5 Å². The van der Waals surface area contributed by atoms with E-state index in [2.05, 4.69) is 0 Å². The fourth-order valence-electron chi connectivity index (χ4n) is 8.09. The molecule has 41 heavy (non-hydrogen) atoms. The maximum Gasteiger partial charge on any atom is 0.249 e. The molecule has 1 N–H and O–H groups in total. The number of carbonyl (C=O) groups excluding carboxylic acids is 3. The monoisotopic (exact) mass is 561 g/mol. The lowest BCUT2D eigenvalue weighted by atomic mass is 9.74. The van der Waals surface area contributed by atoms with Gasteiger partial charge in [0.2, 0.25) is 17.7 Å². The molecule has 4 heterocycles. The average molecular weight is 562 g/mol. The maximum atomic E-state index is 14.6. The first-order valence-corrected chi connectivity index (χ1v) is 15.5. The first-order chi connectivity index (χ1) is 19.9. The van der Waals surface area contributed by atoms with Crippen molar-refractivity contribution in [3.8, 4) is 0 Å². The number of rotatable bonds is 8. The molecule has 8 nitrogen and oxygen atoms in total. The fourth-order valence-corrected chi connectivity index (χ4v) is 8.09. The van der Waals surface area contributed by atoms with Gasteiger partial charge in [0.05, 0.1) is 17.4 Å². The Hall–Kier alpha value is -2.97. The summed E-state index contributed by atoms with van der Waals surface area (Å²) in [6, 6.07) is 8.92. The van der Waals surface area contributed by atoms with Crippen LogP contribution in [0.5, 0.6) is 0 Å². The van der Waals surface area contributed by atoms with Crippen molar-refractivity contribution in [2.45, 2.75) is 88.0 Å². The summed E-state index contributed by atoms with van der Waals surface area (Å²) in [5, 5.41) is 9.21. The number of likely N-dealkylation sites (tertiary alicyclic amines) is 1. The number of ether oxygens (including phenoxy) is 1. The van der Waals surface area contributed by atoms with Crippen LogP contribution in [0.15, 0.2) is 54.6 Å². The largest absolute Gasteiger partial charge is 0.396 e. The molecule has 8 heteroatoms. The van der Waals surface area contributed by atoms with Gasteiger partial charge in [-0.25, -0.2) is 0 Å². The second-order valence-electron chi connectivity index (χ2n) is 12.5. The summed E-state index contributed by atoms with van der Waals surface area (Å²) in [5.74, 6) is -1.90. The first-order valence-electron chi connectivity index (χ1n) is 15.5. The second-order valence-corrected chi connectivity index (χ2v) is 12.5. The number of aliphatic hydroxyl groups is 1. The molecule has 1 saturated carbocycles. The topological polar surface area (TPSA) is 90.4 Å². The molecular formula is C33H43N3O5. The number of aliphatic hydroxyl groups excluding tert-OH is 1. The number of amides is 3. The number of hydrogen-bond donors (Lipinski definition) is 1. The van der Waals surface area contributed by atoms with Crippen LogP contribution in [0.3, 0.4) is 0 Å². The highest BCUT2D eigenvalue weighted by molar-refractivity contribution is 6.04. The number of nitrogens with zero attached hydrogens (tertiary/aromatic N) is 3. The molecule has 3 fully saturated rings. The van der Waals surface area contributed by atoms with Gasteiger partial charge >= 0.3 is 0 Å². The van der Waals surface area contributed by atoms with Gasteiger partial charge in [0.1, 0.15) is 11.6 Å². The van der Waals surface area contributed by atoms with Crippen molar-refractivity contribution in [3.05, 3.63) is 54.6 Å².